The van der Waals surface area contributed by atoms with Gasteiger partial charge in [0.25, 0.3) is 0 Å². The van der Waals surface area contributed by atoms with Crippen LogP contribution in [0.1, 0.15) is 0 Å². The molecule has 0 aliphatic heterocycles. The Kier molecular flexibility index (Phi) is 1.86. The number of hydrogen-bond donors (Lipinski definition) is 0. The van der Waals surface area contributed by atoms with Gasteiger partial charge in [0.05, 0.1) is 0 Å². The Balaban J connectivity index is 3.37. The Labute approximate surface area is 61.9 Å². The average Bonchev–Trinajstić information content (AvgIpc) is 1.86. The van der Waals surface area contributed by atoms with Crippen molar-refractivity contribution in [1.29, 1.82) is 0 Å². The van der Waals surface area contributed by atoms with Crippen LogP contribution in [0.5, 0.6) is 0 Å². The van der Waals surface area contributed by atoms with E-state index in [1.807, 2.05) is 0 Å². The lowest BCUT2D eigenvalue weighted by atomic mass is 10.5. The van der Waals surface area contributed by atoms with Crippen LogP contribution in [0, 0.1) is 5.95 Å². The molecule has 60 valence electrons. The fraction of sp³-hybridized carbons (Fsp3) is 0. The van der Waals surface area contributed by atoms with Crippen molar-refractivity contribution in [3.8, 4) is 0 Å². The molecule has 3 nitrogen and oxygen atoms in total. The summed E-state index contributed by atoms with van der Waals surface area (Å²) in [5.41, 5.74) is 0. The molecule has 0 aliphatic rings. The summed E-state index contributed by atoms with van der Waals surface area (Å²) >= 11 is 0. The van der Waals surface area contributed by atoms with E-state index in [1.165, 1.54) is 0 Å². The van der Waals surface area contributed by atoms with E-state index in [0.717, 1.165) is 18.3 Å². The first kappa shape index (κ1) is 8.06. The minimum absolute atomic E-state index is 0.803. The molecule has 0 fully saturated rings. The summed E-state index contributed by atoms with van der Waals surface area (Å²) in [5, 5.41) is 0. The van der Waals surface area contributed by atoms with Gasteiger partial charge < -0.3 is 0 Å². The van der Waals surface area contributed by atoms with Crippen LogP contribution >= 0.6 is 0 Å². The second-order valence-electron chi connectivity index (χ2n) is 1.73. The number of pyridine rings is 1. The second kappa shape index (κ2) is 2.54. The Morgan fingerprint density at radius 3 is 2.45 bits per heavy atom. The Hall–Kier alpha value is -1.04. The van der Waals surface area contributed by atoms with E-state index in [9.17, 15) is 16.7 Å². The molecular formula is C5H3F2NO2S. The van der Waals surface area contributed by atoms with Gasteiger partial charge in [-0.1, -0.05) is 0 Å². The largest absolute Gasteiger partial charge is 0.336 e. The fourth-order valence-electron chi connectivity index (χ4n) is 0.553. The normalized spacial score (nSPS) is 11.5. The molecule has 0 N–H and O–H groups in total. The maximum atomic E-state index is 12.4. The third kappa shape index (κ3) is 1.70. The van der Waals surface area contributed by atoms with Crippen molar-refractivity contribution >= 4 is 10.2 Å². The van der Waals surface area contributed by atoms with E-state index in [2.05, 4.69) is 4.98 Å². The zero-order chi connectivity index (χ0) is 8.48. The SMILES string of the molecule is O=S(=O)(F)c1cccnc1F. The lowest BCUT2D eigenvalue weighted by Gasteiger charge is -1.92. The monoisotopic (exact) mass is 179 g/mol. The molecule has 0 bridgehead atoms. The highest BCUT2D eigenvalue weighted by Crippen LogP contribution is 2.12. The van der Waals surface area contributed by atoms with E-state index in [0.29, 0.717) is 0 Å². The van der Waals surface area contributed by atoms with Gasteiger partial charge in [0.15, 0.2) is 4.90 Å². The molecular weight excluding hydrogens is 176 g/mol. The third-order valence-electron chi connectivity index (χ3n) is 0.988. The van der Waals surface area contributed by atoms with Crippen LogP contribution < -0.4 is 0 Å². The molecule has 1 aromatic rings. The van der Waals surface area contributed by atoms with Gasteiger partial charge in [0, 0.05) is 6.20 Å². The molecule has 1 aromatic heterocycles. The number of nitrogens with zero attached hydrogens (tertiary/aromatic N) is 1. The van der Waals surface area contributed by atoms with Gasteiger partial charge in [0.1, 0.15) is 0 Å². The van der Waals surface area contributed by atoms with Crippen LogP contribution in [0.25, 0.3) is 0 Å². The average molecular weight is 179 g/mol. The molecule has 0 aliphatic carbocycles. The van der Waals surface area contributed by atoms with E-state index in [4.69, 9.17) is 0 Å². The van der Waals surface area contributed by atoms with Gasteiger partial charge in [-0.2, -0.15) is 12.8 Å². The Morgan fingerprint density at radius 2 is 2.09 bits per heavy atom. The molecule has 0 saturated carbocycles. The van der Waals surface area contributed by atoms with E-state index >= 15 is 0 Å². The topological polar surface area (TPSA) is 47.0 Å². The van der Waals surface area contributed by atoms with Crippen LogP contribution in [-0.4, -0.2) is 13.4 Å². The molecule has 0 aromatic carbocycles. The van der Waals surface area contributed by atoms with E-state index in [-0.39, 0.29) is 0 Å². The number of rotatable bonds is 1. The molecule has 0 unspecified atom stereocenters. The van der Waals surface area contributed by atoms with Crippen molar-refractivity contribution in [3.63, 3.8) is 0 Å². The maximum absolute atomic E-state index is 12.4. The summed E-state index contributed by atoms with van der Waals surface area (Å²) in [5.74, 6) is -1.32. The highest BCUT2D eigenvalue weighted by atomic mass is 32.3. The third-order valence-corrected chi connectivity index (χ3v) is 1.82. The zero-order valence-corrected chi connectivity index (χ0v) is 5.98. The molecule has 0 radical (unpaired) electrons. The predicted octanol–water partition coefficient (Wildman–Crippen LogP) is 0.879. The molecule has 1 rings (SSSR count). The Morgan fingerprint density at radius 1 is 1.45 bits per heavy atom. The summed E-state index contributed by atoms with van der Waals surface area (Å²) in [6, 6.07) is 1.94. The van der Waals surface area contributed by atoms with Crippen LogP contribution in [0.15, 0.2) is 23.2 Å². The molecule has 11 heavy (non-hydrogen) atoms. The van der Waals surface area contributed by atoms with Crippen molar-refractivity contribution in [2.45, 2.75) is 4.90 Å². The van der Waals surface area contributed by atoms with Crippen LogP contribution in [0.3, 0.4) is 0 Å². The first-order valence-electron chi connectivity index (χ1n) is 2.57. The van der Waals surface area contributed by atoms with E-state index in [1.54, 1.807) is 0 Å². The van der Waals surface area contributed by atoms with Gasteiger partial charge >= 0.3 is 10.2 Å². The highest BCUT2D eigenvalue weighted by Gasteiger charge is 2.17. The minimum atomic E-state index is -4.97. The molecule has 0 saturated heterocycles. The molecule has 0 atom stereocenters. The maximum Gasteiger partial charge on any atom is 0.336 e. The summed E-state index contributed by atoms with van der Waals surface area (Å²) in [7, 11) is -4.97. The van der Waals surface area contributed by atoms with E-state index < -0.39 is 21.1 Å². The molecule has 0 spiro atoms. The van der Waals surface area contributed by atoms with Crippen molar-refractivity contribution in [2.75, 3.05) is 0 Å². The molecule has 6 heteroatoms. The first-order chi connectivity index (χ1) is 5.02. The van der Waals surface area contributed by atoms with Gasteiger partial charge in [-0.05, 0) is 12.1 Å². The highest BCUT2D eigenvalue weighted by molar-refractivity contribution is 7.86. The zero-order valence-electron chi connectivity index (χ0n) is 5.16. The number of aromatic nitrogens is 1. The van der Waals surface area contributed by atoms with Crippen molar-refractivity contribution in [1.82, 2.24) is 4.98 Å². The van der Waals surface area contributed by atoms with Crippen LogP contribution in [0.4, 0.5) is 8.28 Å². The van der Waals surface area contributed by atoms with Gasteiger partial charge in [-0.3, -0.25) is 0 Å². The smallest absolute Gasteiger partial charge is 0.227 e. The first-order valence-corrected chi connectivity index (χ1v) is 3.95. The van der Waals surface area contributed by atoms with Crippen LogP contribution in [-0.2, 0) is 10.2 Å². The van der Waals surface area contributed by atoms with Gasteiger partial charge in [0.2, 0.25) is 5.95 Å². The Bertz CT molecular complexity index is 363. The van der Waals surface area contributed by atoms with Crippen LogP contribution in [0.2, 0.25) is 0 Å². The van der Waals surface area contributed by atoms with Crippen molar-refractivity contribution < 1.29 is 16.7 Å². The fourth-order valence-corrected chi connectivity index (χ4v) is 1.05. The molecule has 0 amide bonds. The lowest BCUT2D eigenvalue weighted by molar-refractivity contribution is 0.517. The number of hydrogen-bond acceptors (Lipinski definition) is 3. The van der Waals surface area contributed by atoms with Gasteiger partial charge in [-0.15, -0.1) is 3.89 Å². The van der Waals surface area contributed by atoms with Gasteiger partial charge in [-0.25, -0.2) is 4.98 Å². The lowest BCUT2D eigenvalue weighted by Crippen LogP contribution is -1.97. The summed E-state index contributed by atoms with van der Waals surface area (Å²) in [6.45, 7) is 0. The minimum Gasteiger partial charge on any atom is -0.227 e. The summed E-state index contributed by atoms with van der Waals surface area (Å²) in [4.78, 5) is 1.93. The number of halogens is 2. The summed E-state index contributed by atoms with van der Waals surface area (Å²) < 4.78 is 44.6. The van der Waals surface area contributed by atoms with Crippen molar-refractivity contribution in [3.05, 3.63) is 24.3 Å². The standard InChI is InChI=1S/C5H3F2NO2S/c6-5-4(11(7,9)10)2-1-3-8-5/h1-3H. The molecule has 1 heterocycles. The second-order valence-corrected chi connectivity index (χ2v) is 3.05. The predicted molar refractivity (Wildman–Crippen MR) is 32.5 cm³/mol. The summed E-state index contributed by atoms with van der Waals surface area (Å²) in [6.07, 6.45) is 1.03. The quantitative estimate of drug-likeness (QED) is 0.475. The van der Waals surface area contributed by atoms with Crippen molar-refractivity contribution in [2.24, 2.45) is 0 Å².